The third kappa shape index (κ3) is 3.86. The van der Waals surface area contributed by atoms with E-state index in [1.165, 1.54) is 30.4 Å². The molecule has 1 saturated heterocycles. The van der Waals surface area contributed by atoms with Crippen LogP contribution in [0.4, 0.5) is 18.0 Å². The minimum absolute atomic E-state index is 0.266. The van der Waals surface area contributed by atoms with Gasteiger partial charge in [0.2, 0.25) is 0 Å². The van der Waals surface area contributed by atoms with Crippen LogP contribution in [-0.2, 0) is 10.3 Å². The maximum absolute atomic E-state index is 12.8. The first-order chi connectivity index (χ1) is 13.0. The lowest BCUT2D eigenvalue weighted by Gasteiger charge is -2.22. The number of urea groups is 1. The smallest absolute Gasteiger partial charge is 0.406 e. The summed E-state index contributed by atoms with van der Waals surface area (Å²) in [5, 5.41) is 2.50. The van der Waals surface area contributed by atoms with Gasteiger partial charge >= 0.3 is 12.4 Å². The first kappa shape index (κ1) is 19.9. The standard InChI is InChI=1S/C18H15F3N2O4S/c1-10-3-8-14(28-10)13(24)9-23-15(25)17(2,22-16(23)26)11-4-6-12(7-5-11)27-18(19,20)21/h3-8H,9H2,1-2H3,(H,22,26). The highest BCUT2D eigenvalue weighted by molar-refractivity contribution is 7.14. The van der Waals surface area contributed by atoms with Crippen molar-refractivity contribution in [3.05, 3.63) is 51.7 Å². The molecular weight excluding hydrogens is 397 g/mol. The molecule has 1 unspecified atom stereocenters. The van der Waals surface area contributed by atoms with E-state index in [1.807, 2.05) is 6.92 Å². The summed E-state index contributed by atoms with van der Waals surface area (Å²) >= 11 is 1.26. The fourth-order valence-electron chi connectivity index (χ4n) is 2.83. The molecule has 0 radical (unpaired) electrons. The minimum atomic E-state index is -4.83. The molecule has 1 aromatic carbocycles. The van der Waals surface area contributed by atoms with Gasteiger partial charge in [0.05, 0.1) is 11.4 Å². The highest BCUT2D eigenvalue weighted by atomic mass is 32.1. The summed E-state index contributed by atoms with van der Waals surface area (Å²) in [5.41, 5.74) is -1.23. The second-order valence-electron chi connectivity index (χ2n) is 6.35. The number of ketones is 1. The molecule has 10 heteroatoms. The summed E-state index contributed by atoms with van der Waals surface area (Å²) in [6.45, 7) is 2.83. The molecule has 1 fully saturated rings. The van der Waals surface area contributed by atoms with Crippen LogP contribution >= 0.6 is 11.3 Å². The summed E-state index contributed by atoms with van der Waals surface area (Å²) < 4.78 is 40.6. The number of nitrogens with one attached hydrogen (secondary N) is 1. The number of aryl methyl sites for hydroxylation is 1. The summed E-state index contributed by atoms with van der Waals surface area (Å²) in [5.74, 6) is -1.49. The predicted octanol–water partition coefficient (Wildman–Crippen LogP) is 3.61. The third-order valence-electron chi connectivity index (χ3n) is 4.26. The van der Waals surface area contributed by atoms with Gasteiger partial charge in [0, 0.05) is 4.88 Å². The topological polar surface area (TPSA) is 75.7 Å². The summed E-state index contributed by atoms with van der Waals surface area (Å²) in [7, 11) is 0. The second kappa shape index (κ2) is 6.93. The molecule has 0 spiro atoms. The zero-order chi connectivity index (χ0) is 20.7. The number of imide groups is 1. The van der Waals surface area contributed by atoms with Crippen LogP contribution in [0.1, 0.15) is 27.0 Å². The number of benzene rings is 1. The number of carbonyl (C=O) groups is 3. The monoisotopic (exact) mass is 412 g/mol. The molecule has 2 aromatic rings. The molecule has 1 N–H and O–H groups in total. The van der Waals surface area contributed by atoms with E-state index in [-0.39, 0.29) is 11.3 Å². The Balaban J connectivity index is 1.78. The van der Waals surface area contributed by atoms with Gasteiger partial charge in [0.25, 0.3) is 5.91 Å². The lowest BCUT2D eigenvalue weighted by Crippen LogP contribution is -2.41. The number of thiophene rings is 1. The second-order valence-corrected chi connectivity index (χ2v) is 7.64. The highest BCUT2D eigenvalue weighted by Gasteiger charge is 2.49. The average Bonchev–Trinajstić information content (AvgIpc) is 3.12. The molecule has 1 aliphatic heterocycles. The Morgan fingerprint density at radius 1 is 1.18 bits per heavy atom. The molecule has 2 heterocycles. The Bertz CT molecular complexity index is 939. The first-order valence-corrected chi connectivity index (χ1v) is 8.91. The van der Waals surface area contributed by atoms with Crippen molar-refractivity contribution in [1.82, 2.24) is 10.2 Å². The number of hydrogen-bond acceptors (Lipinski definition) is 5. The van der Waals surface area contributed by atoms with Gasteiger partial charge in [-0.15, -0.1) is 24.5 Å². The Labute approximate surface area is 161 Å². The number of Topliss-reactive ketones (excluding diaryl/α,β-unsaturated/α-hetero) is 1. The van der Waals surface area contributed by atoms with Gasteiger partial charge < -0.3 is 10.1 Å². The minimum Gasteiger partial charge on any atom is -0.406 e. The largest absolute Gasteiger partial charge is 0.573 e. The van der Waals surface area contributed by atoms with Gasteiger partial charge in [-0.2, -0.15) is 0 Å². The van der Waals surface area contributed by atoms with Crippen LogP contribution in [-0.4, -0.2) is 35.5 Å². The molecule has 0 aliphatic carbocycles. The van der Waals surface area contributed by atoms with Crippen molar-refractivity contribution in [2.75, 3.05) is 6.54 Å². The van der Waals surface area contributed by atoms with E-state index in [4.69, 9.17) is 0 Å². The summed E-state index contributed by atoms with van der Waals surface area (Å²) in [4.78, 5) is 39.6. The van der Waals surface area contributed by atoms with Crippen LogP contribution in [0, 0.1) is 6.92 Å². The maximum atomic E-state index is 12.8. The van der Waals surface area contributed by atoms with E-state index < -0.39 is 36.1 Å². The maximum Gasteiger partial charge on any atom is 0.573 e. The number of amides is 3. The van der Waals surface area contributed by atoms with Crippen LogP contribution < -0.4 is 10.1 Å². The molecule has 1 aliphatic rings. The molecule has 1 atom stereocenters. The van der Waals surface area contributed by atoms with Gasteiger partial charge in [-0.25, -0.2) is 4.79 Å². The SMILES string of the molecule is Cc1ccc(C(=O)CN2C(=O)NC(C)(c3ccc(OC(F)(F)F)cc3)C2=O)s1. The average molecular weight is 412 g/mol. The van der Waals surface area contributed by atoms with E-state index in [0.29, 0.717) is 4.88 Å². The number of ether oxygens (including phenoxy) is 1. The van der Waals surface area contributed by atoms with Crippen molar-refractivity contribution in [3.8, 4) is 5.75 Å². The third-order valence-corrected chi connectivity index (χ3v) is 5.30. The van der Waals surface area contributed by atoms with Crippen molar-refractivity contribution in [2.45, 2.75) is 25.7 Å². The normalized spacial score (nSPS) is 19.7. The fourth-order valence-corrected chi connectivity index (χ4v) is 3.63. The predicted molar refractivity (Wildman–Crippen MR) is 94.1 cm³/mol. The molecule has 1 aromatic heterocycles. The molecule has 28 heavy (non-hydrogen) atoms. The molecule has 0 saturated carbocycles. The Hall–Kier alpha value is -2.88. The zero-order valence-electron chi connectivity index (χ0n) is 14.8. The van der Waals surface area contributed by atoms with E-state index in [0.717, 1.165) is 21.9 Å². The van der Waals surface area contributed by atoms with Crippen molar-refractivity contribution in [2.24, 2.45) is 0 Å². The molecule has 148 valence electrons. The van der Waals surface area contributed by atoms with Crippen molar-refractivity contribution in [1.29, 1.82) is 0 Å². The van der Waals surface area contributed by atoms with Gasteiger partial charge in [-0.1, -0.05) is 12.1 Å². The Morgan fingerprint density at radius 3 is 2.36 bits per heavy atom. The number of carbonyl (C=O) groups excluding carboxylic acids is 3. The number of alkyl halides is 3. The van der Waals surface area contributed by atoms with Crippen LogP contribution in [0.25, 0.3) is 0 Å². The van der Waals surface area contributed by atoms with Crippen molar-refractivity contribution < 1.29 is 32.3 Å². The number of hydrogen-bond donors (Lipinski definition) is 1. The van der Waals surface area contributed by atoms with E-state index >= 15 is 0 Å². The van der Waals surface area contributed by atoms with E-state index in [9.17, 15) is 27.6 Å². The summed E-state index contributed by atoms with van der Waals surface area (Å²) in [6.07, 6.45) is -4.83. The van der Waals surface area contributed by atoms with E-state index in [1.54, 1.807) is 12.1 Å². The van der Waals surface area contributed by atoms with Crippen LogP contribution in [0.5, 0.6) is 5.75 Å². The van der Waals surface area contributed by atoms with Gasteiger partial charge in [0.1, 0.15) is 11.3 Å². The van der Waals surface area contributed by atoms with Crippen LogP contribution in [0.3, 0.4) is 0 Å². The lowest BCUT2D eigenvalue weighted by atomic mass is 9.92. The number of rotatable bonds is 5. The van der Waals surface area contributed by atoms with Crippen molar-refractivity contribution in [3.63, 3.8) is 0 Å². The van der Waals surface area contributed by atoms with Gasteiger partial charge in [-0.05, 0) is 43.7 Å². The number of nitrogens with zero attached hydrogens (tertiary/aromatic N) is 1. The summed E-state index contributed by atoms with van der Waals surface area (Å²) in [6, 6.07) is 7.26. The van der Waals surface area contributed by atoms with Crippen molar-refractivity contribution >= 4 is 29.1 Å². The zero-order valence-corrected chi connectivity index (χ0v) is 15.6. The molecule has 0 bridgehead atoms. The van der Waals surface area contributed by atoms with Crippen LogP contribution in [0.2, 0.25) is 0 Å². The Kier molecular flexibility index (Phi) is 4.92. The molecule has 6 nitrogen and oxygen atoms in total. The van der Waals surface area contributed by atoms with E-state index in [2.05, 4.69) is 10.1 Å². The van der Waals surface area contributed by atoms with Crippen LogP contribution in [0.15, 0.2) is 36.4 Å². The first-order valence-electron chi connectivity index (χ1n) is 8.09. The Morgan fingerprint density at radius 2 is 1.82 bits per heavy atom. The fraction of sp³-hybridized carbons (Fsp3) is 0.278. The van der Waals surface area contributed by atoms with Gasteiger partial charge in [-0.3, -0.25) is 14.5 Å². The van der Waals surface area contributed by atoms with Gasteiger partial charge in [0.15, 0.2) is 5.78 Å². The molecular formula is C18H15F3N2O4S. The molecule has 3 rings (SSSR count). The highest BCUT2D eigenvalue weighted by Crippen LogP contribution is 2.31. The number of halogens is 3. The molecule has 3 amide bonds. The quantitative estimate of drug-likeness (QED) is 0.601. The lowest BCUT2D eigenvalue weighted by molar-refractivity contribution is -0.274.